The smallest absolute Gasteiger partial charge is 0.407 e. The van der Waals surface area contributed by atoms with E-state index in [2.05, 4.69) is 31.5 Å². The normalized spacial score (nSPS) is 27.4. The molecular weight excluding hydrogens is 1290 g/mol. The topological polar surface area (TPSA) is 339 Å². The third kappa shape index (κ3) is 25.1. The molecule has 2 aliphatic heterocycles. The van der Waals surface area contributed by atoms with Crippen molar-refractivity contribution in [3.63, 3.8) is 0 Å². The summed E-state index contributed by atoms with van der Waals surface area (Å²) in [4.78, 5) is 187. The second-order valence-corrected chi connectivity index (χ2v) is 30.0. The molecule has 0 aromatic heterocycles. The fraction of sp³-hybridized carbons (Fsp3) is 0.831. The highest BCUT2D eigenvalue weighted by molar-refractivity contribution is 6.00. The third-order valence-electron chi connectivity index (χ3n) is 19.5. The molecule has 0 spiro atoms. The summed E-state index contributed by atoms with van der Waals surface area (Å²) in [7, 11) is 9.74. The Labute approximate surface area is 595 Å². The van der Waals surface area contributed by atoms with Gasteiger partial charge in [0.05, 0.1) is 32.0 Å². The molecule has 0 aromatic rings. The highest BCUT2D eigenvalue weighted by Gasteiger charge is 2.47. The van der Waals surface area contributed by atoms with Crippen molar-refractivity contribution in [1.82, 2.24) is 65.8 Å². The van der Waals surface area contributed by atoms with E-state index in [1.807, 2.05) is 41.5 Å². The van der Waals surface area contributed by atoms with Crippen molar-refractivity contribution < 1.29 is 76.9 Å². The molecule has 0 aromatic carbocycles. The maximum Gasteiger partial charge on any atom is 0.407 e. The Balaban J connectivity index is 2.31. The number of morpholine rings is 1. The predicted octanol–water partition coefficient (Wildman–Crippen LogP) is 2.44. The number of hydrogen-bond acceptors (Lipinski definition) is 17. The number of aliphatic hydroxyl groups is 1. The minimum absolute atomic E-state index is 0.00301. The molecule has 1 aliphatic carbocycles. The first kappa shape index (κ1) is 87.5. The Morgan fingerprint density at radius 1 is 0.520 bits per heavy atom. The summed E-state index contributed by atoms with van der Waals surface area (Å²) in [6.07, 6.45) is -0.0631. The van der Waals surface area contributed by atoms with Crippen LogP contribution in [0.15, 0.2) is 0 Å². The first-order valence-electron chi connectivity index (χ1n) is 36.2. The number of hydrogen-bond donors (Lipinski definition) is 6. The van der Waals surface area contributed by atoms with E-state index >= 15 is 28.8 Å². The van der Waals surface area contributed by atoms with Crippen molar-refractivity contribution in [3.8, 4) is 0 Å². The highest BCUT2D eigenvalue weighted by atomic mass is 16.5. The number of carbonyl (C=O) groups is 12. The van der Waals surface area contributed by atoms with E-state index in [4.69, 9.17) is 14.2 Å². The third-order valence-corrected chi connectivity index (χ3v) is 19.5. The first-order valence-corrected chi connectivity index (χ1v) is 36.2. The molecular formula is C71H127N13O16. The SMILES string of the molecule is CC[C@@H]1NC(=O)[C@H]([C@H](O)[C@H](C)CCOC(=O)NC2CC2)N(C)C(=O)[C@H](C(C)C)N(C)C(=O)[C@H](CC(C)C)N(C)C(=O)[C@H](CC(C)C)N(C)C(=O)[C@@H](C)NC(=O)[C@H](C)NC(=O)[C@H](CC(C)C)N(C)C(=O)[C@H](C(C)C)NC(=O)[C@H]([C@@H](C)OCCCCN2CCOCC2)N(C)C(=O)[C@@H](C)N(C)C1=O. The van der Waals surface area contributed by atoms with Crippen LogP contribution in [0.3, 0.4) is 0 Å². The minimum Gasteiger partial charge on any atom is -0.450 e. The molecule has 3 rings (SSSR count). The molecule has 14 atom stereocenters. The molecule has 100 heavy (non-hydrogen) atoms. The van der Waals surface area contributed by atoms with Crippen molar-refractivity contribution in [2.75, 3.05) is 95.4 Å². The van der Waals surface area contributed by atoms with Gasteiger partial charge in [0.2, 0.25) is 65.0 Å². The summed E-state index contributed by atoms with van der Waals surface area (Å²) in [6.45, 7) is 30.8. The number of aliphatic hydroxyl groups excluding tert-OH is 1. The number of nitrogens with zero attached hydrogens (tertiary/aromatic N) is 8. The summed E-state index contributed by atoms with van der Waals surface area (Å²) < 4.78 is 17.3. The van der Waals surface area contributed by atoms with Gasteiger partial charge < -0.3 is 80.2 Å². The lowest BCUT2D eigenvalue weighted by Gasteiger charge is -2.41. The summed E-state index contributed by atoms with van der Waals surface area (Å²) in [5.41, 5.74) is 0. The van der Waals surface area contributed by atoms with Crippen molar-refractivity contribution >= 4 is 71.1 Å². The Hall–Kier alpha value is -6.72. The van der Waals surface area contributed by atoms with E-state index in [9.17, 15) is 33.9 Å². The predicted molar refractivity (Wildman–Crippen MR) is 378 cm³/mol. The van der Waals surface area contributed by atoms with Crippen LogP contribution < -0.4 is 26.6 Å². The van der Waals surface area contributed by atoms with Gasteiger partial charge in [-0.25, -0.2) is 4.79 Å². The maximum atomic E-state index is 15.4. The number of nitrogens with one attached hydrogen (secondary N) is 5. The van der Waals surface area contributed by atoms with Gasteiger partial charge in [-0.3, -0.25) is 57.6 Å². The van der Waals surface area contributed by atoms with E-state index in [0.29, 0.717) is 19.6 Å². The lowest BCUT2D eigenvalue weighted by atomic mass is 9.91. The van der Waals surface area contributed by atoms with Gasteiger partial charge in [0.15, 0.2) is 0 Å². The lowest BCUT2D eigenvalue weighted by molar-refractivity contribution is -0.157. The Kier molecular flexibility index (Phi) is 35.7. The van der Waals surface area contributed by atoms with Gasteiger partial charge in [-0.15, -0.1) is 0 Å². The van der Waals surface area contributed by atoms with Gasteiger partial charge in [0, 0.05) is 75.1 Å². The Bertz CT molecular complexity index is 2740. The van der Waals surface area contributed by atoms with E-state index in [1.165, 1.54) is 89.7 Å². The van der Waals surface area contributed by atoms with Gasteiger partial charge in [-0.2, -0.15) is 0 Å². The number of rotatable bonds is 22. The summed E-state index contributed by atoms with van der Waals surface area (Å²) in [5.74, 6) is -10.8. The van der Waals surface area contributed by atoms with Crippen LogP contribution in [0.4, 0.5) is 4.79 Å². The van der Waals surface area contributed by atoms with E-state index in [-0.39, 0.29) is 69.1 Å². The molecule has 1 saturated carbocycles. The summed E-state index contributed by atoms with van der Waals surface area (Å²) in [6, 6.07) is -14.6. The number of carbonyl (C=O) groups excluding carboxylic acids is 12. The Morgan fingerprint density at radius 3 is 1.53 bits per heavy atom. The molecule has 6 N–H and O–H groups in total. The second kappa shape index (κ2) is 40.8. The number of unbranched alkanes of at least 4 members (excludes halogenated alkanes) is 1. The molecule has 29 heteroatoms. The van der Waals surface area contributed by atoms with Crippen LogP contribution in [0.5, 0.6) is 0 Å². The van der Waals surface area contributed by atoms with Crippen LogP contribution in [0.25, 0.3) is 0 Å². The van der Waals surface area contributed by atoms with E-state index in [1.54, 1.807) is 48.5 Å². The van der Waals surface area contributed by atoms with Crippen molar-refractivity contribution in [2.24, 2.45) is 35.5 Å². The lowest BCUT2D eigenvalue weighted by Crippen LogP contribution is -2.64. The molecule has 3 fully saturated rings. The number of amides is 12. The number of likely N-dealkylation sites (N-methyl/N-ethyl adjacent to an activating group) is 7. The van der Waals surface area contributed by atoms with Gasteiger partial charge in [0.1, 0.15) is 66.5 Å². The van der Waals surface area contributed by atoms with Gasteiger partial charge in [0.25, 0.3) is 0 Å². The largest absolute Gasteiger partial charge is 0.450 e. The average molecular weight is 1420 g/mol. The van der Waals surface area contributed by atoms with Crippen LogP contribution >= 0.6 is 0 Å². The molecule has 0 radical (unpaired) electrons. The van der Waals surface area contributed by atoms with Crippen molar-refractivity contribution in [3.05, 3.63) is 0 Å². The zero-order valence-corrected chi connectivity index (χ0v) is 64.5. The van der Waals surface area contributed by atoms with Crippen molar-refractivity contribution in [1.29, 1.82) is 0 Å². The van der Waals surface area contributed by atoms with Crippen LogP contribution in [-0.2, 0) is 67.0 Å². The molecule has 0 unspecified atom stereocenters. The molecule has 0 bridgehead atoms. The molecule has 3 aliphatic rings. The fourth-order valence-electron chi connectivity index (χ4n) is 12.8. The quantitative estimate of drug-likeness (QED) is 0.0848. The second-order valence-electron chi connectivity index (χ2n) is 30.0. The van der Waals surface area contributed by atoms with E-state index < -0.39 is 167 Å². The Morgan fingerprint density at radius 2 is 1.01 bits per heavy atom. The molecule has 2 saturated heterocycles. The number of alkyl carbamates (subject to hydrolysis) is 1. The van der Waals surface area contributed by atoms with Gasteiger partial charge >= 0.3 is 6.09 Å². The maximum absolute atomic E-state index is 15.4. The molecule has 572 valence electrons. The van der Waals surface area contributed by atoms with Crippen molar-refractivity contribution in [2.45, 2.75) is 253 Å². The standard InChI is InChI=1S/C71H127N13O16/c1-24-51-66(92)77(17)48(15)65(91)82(22)57(49(16)99-33-26-25-30-84-31-35-98-36-32-84)62(88)76-55(43(8)9)69(95)78(18)52(37-40(2)3)61(87)72-46(13)60(86)73-47(14)64(90)79(19)53(38-41(4)5)67(93)80(20)54(39-42(6)7)68(94)81(21)56(44(10)11)70(96)83(23)58(63(89)75-51)59(85)45(12)29-34-100-71(97)74-50-27-28-50/h40-59,85H,24-39H2,1-23H3,(H,72,87)(H,73,86)(H,74,97)(H,75,89)(H,76,88)/t45-,46+,47-,48-,49-,51+,52+,53+,54+,55+,56+,57+,58+,59-/m1/s1. The monoisotopic (exact) mass is 1420 g/mol. The molecule has 12 amide bonds. The first-order chi connectivity index (χ1) is 46.6. The molecule has 29 nitrogen and oxygen atoms in total. The van der Waals surface area contributed by atoms with Crippen LogP contribution in [0, 0.1) is 35.5 Å². The zero-order chi connectivity index (χ0) is 76.1. The average Bonchev–Trinajstić information content (AvgIpc) is 0.920. The summed E-state index contributed by atoms with van der Waals surface area (Å²) >= 11 is 0. The van der Waals surface area contributed by atoms with Gasteiger partial charge in [-0.05, 0) is 128 Å². The minimum atomic E-state index is -1.77. The molecule has 2 heterocycles. The zero-order valence-electron chi connectivity index (χ0n) is 64.5. The van der Waals surface area contributed by atoms with Gasteiger partial charge in [-0.1, -0.05) is 83.1 Å². The number of ether oxygens (including phenoxy) is 3. The highest BCUT2D eigenvalue weighted by Crippen LogP contribution is 2.27. The van der Waals surface area contributed by atoms with Crippen LogP contribution in [0.1, 0.15) is 169 Å². The van der Waals surface area contributed by atoms with Crippen LogP contribution in [0.2, 0.25) is 0 Å². The summed E-state index contributed by atoms with van der Waals surface area (Å²) in [5, 5.41) is 26.2. The van der Waals surface area contributed by atoms with E-state index in [0.717, 1.165) is 53.6 Å². The fourth-order valence-corrected chi connectivity index (χ4v) is 12.8. The van der Waals surface area contributed by atoms with Crippen LogP contribution in [-0.4, -0.2) is 295 Å².